The van der Waals surface area contributed by atoms with E-state index < -0.39 is 11.9 Å². The molecule has 2 aliphatic rings. The smallest absolute Gasteiger partial charge is 0.370 e. The molecule has 0 aromatic carbocycles. The van der Waals surface area contributed by atoms with Crippen LogP contribution in [0.5, 0.6) is 0 Å². The van der Waals surface area contributed by atoms with Crippen LogP contribution in [-0.4, -0.2) is 50.7 Å². The van der Waals surface area contributed by atoms with Gasteiger partial charge in [0.15, 0.2) is 5.82 Å². The molecule has 7 nitrogen and oxygen atoms in total. The molecule has 0 amide bonds. The van der Waals surface area contributed by atoms with Gasteiger partial charge in [0.1, 0.15) is 17.8 Å². The number of halogens is 3. The monoisotopic (exact) mass is 429 g/mol. The van der Waals surface area contributed by atoms with Crippen LogP contribution >= 0.6 is 0 Å². The van der Waals surface area contributed by atoms with Gasteiger partial charge in [0.2, 0.25) is 0 Å². The van der Waals surface area contributed by atoms with Crippen LogP contribution in [0.2, 0.25) is 0 Å². The third-order valence-electron chi connectivity index (χ3n) is 6.37. The number of pyridine rings is 1. The molecule has 0 unspecified atom stereocenters. The first-order valence-electron chi connectivity index (χ1n) is 10.3. The lowest BCUT2D eigenvalue weighted by Crippen LogP contribution is -2.42. The summed E-state index contributed by atoms with van der Waals surface area (Å²) in [5.74, 6) is 1.58. The van der Waals surface area contributed by atoms with Crippen molar-refractivity contribution in [3.05, 3.63) is 55.1 Å². The van der Waals surface area contributed by atoms with Crippen LogP contribution in [0.4, 0.5) is 24.7 Å². The zero-order valence-electron chi connectivity index (χ0n) is 16.8. The van der Waals surface area contributed by atoms with Crippen molar-refractivity contribution in [2.75, 3.05) is 36.0 Å². The van der Waals surface area contributed by atoms with Gasteiger partial charge in [0.25, 0.3) is 0 Å². The van der Waals surface area contributed by atoms with Gasteiger partial charge in [-0.15, -0.1) is 0 Å². The highest BCUT2D eigenvalue weighted by Crippen LogP contribution is 2.42. The normalized spacial score (nSPS) is 18.7. The molecule has 0 atom stereocenters. The Balaban J connectivity index is 1.23. The van der Waals surface area contributed by atoms with Gasteiger partial charge in [-0.3, -0.25) is 9.55 Å². The minimum Gasteiger partial charge on any atom is -0.370 e. The zero-order chi connectivity index (χ0) is 21.5. The molecule has 31 heavy (non-hydrogen) atoms. The zero-order valence-corrected chi connectivity index (χ0v) is 16.8. The van der Waals surface area contributed by atoms with E-state index in [0.717, 1.165) is 68.8 Å². The predicted molar refractivity (Wildman–Crippen MR) is 109 cm³/mol. The quantitative estimate of drug-likeness (QED) is 0.634. The van der Waals surface area contributed by atoms with Gasteiger partial charge in [-0.05, 0) is 36.8 Å². The van der Waals surface area contributed by atoms with Crippen molar-refractivity contribution in [1.29, 1.82) is 0 Å². The van der Waals surface area contributed by atoms with Gasteiger partial charge >= 0.3 is 6.18 Å². The molecule has 0 radical (unpaired) electrons. The second kappa shape index (κ2) is 7.51. The van der Waals surface area contributed by atoms with E-state index in [1.165, 1.54) is 12.3 Å². The Morgan fingerprint density at radius 2 is 1.61 bits per heavy atom. The molecule has 162 valence electrons. The third-order valence-corrected chi connectivity index (χ3v) is 6.37. The average molecular weight is 429 g/mol. The summed E-state index contributed by atoms with van der Waals surface area (Å²) < 4.78 is 40.1. The van der Waals surface area contributed by atoms with E-state index in [0.29, 0.717) is 0 Å². The van der Waals surface area contributed by atoms with Crippen molar-refractivity contribution < 1.29 is 13.2 Å². The van der Waals surface area contributed by atoms with Crippen LogP contribution < -0.4 is 9.80 Å². The van der Waals surface area contributed by atoms with Gasteiger partial charge in [-0.2, -0.15) is 13.2 Å². The predicted octanol–water partition coefficient (Wildman–Crippen LogP) is 3.57. The number of alkyl halides is 3. The number of rotatable bonds is 3. The van der Waals surface area contributed by atoms with Crippen molar-refractivity contribution in [3.63, 3.8) is 0 Å². The molecule has 10 heteroatoms. The van der Waals surface area contributed by atoms with Crippen molar-refractivity contribution in [2.45, 2.75) is 25.4 Å². The van der Waals surface area contributed by atoms with E-state index in [4.69, 9.17) is 4.98 Å². The highest BCUT2D eigenvalue weighted by molar-refractivity contribution is 5.47. The van der Waals surface area contributed by atoms with E-state index in [1.54, 1.807) is 24.9 Å². The lowest BCUT2D eigenvalue weighted by atomic mass is 9.78. The van der Waals surface area contributed by atoms with Crippen LogP contribution in [0, 0.1) is 5.41 Å². The summed E-state index contributed by atoms with van der Waals surface area (Å²) in [6, 6.07) is 2.59. The number of piperidine rings is 1. The van der Waals surface area contributed by atoms with E-state index in [9.17, 15) is 13.2 Å². The molecule has 3 aromatic heterocycles. The number of aromatic nitrogens is 5. The van der Waals surface area contributed by atoms with Crippen LogP contribution in [-0.2, 0) is 6.18 Å². The van der Waals surface area contributed by atoms with E-state index >= 15 is 0 Å². The Bertz CT molecular complexity index is 1030. The standard InChI is InChI=1S/C21H22F3N7/c22-21(23,24)17-2-1-16(11-27-17)30-9-5-20(14-30)3-7-29(8-4-20)18-12-26-13-19(28-18)31-10-6-25-15-31/h1-2,6,10-13,15H,3-5,7-9,14H2. The number of hydrogen-bond acceptors (Lipinski definition) is 6. The fourth-order valence-corrected chi connectivity index (χ4v) is 4.53. The molecule has 5 rings (SSSR count). The molecule has 5 heterocycles. The molecule has 3 aromatic rings. The average Bonchev–Trinajstić information content (AvgIpc) is 3.45. The lowest BCUT2D eigenvalue weighted by molar-refractivity contribution is -0.141. The maximum Gasteiger partial charge on any atom is 0.433 e. The Morgan fingerprint density at radius 3 is 2.26 bits per heavy atom. The maximum atomic E-state index is 12.8. The summed E-state index contributed by atoms with van der Waals surface area (Å²) in [6.45, 7) is 3.43. The van der Waals surface area contributed by atoms with Crippen molar-refractivity contribution >= 4 is 11.5 Å². The number of anilines is 2. The third kappa shape index (κ3) is 3.94. The summed E-state index contributed by atoms with van der Waals surface area (Å²) in [6.07, 6.45) is 8.72. The second-order valence-corrected chi connectivity index (χ2v) is 8.26. The minimum atomic E-state index is -4.41. The second-order valence-electron chi connectivity index (χ2n) is 8.26. The summed E-state index contributed by atoms with van der Waals surface area (Å²) in [4.78, 5) is 21.1. The van der Waals surface area contributed by atoms with Gasteiger partial charge in [-0.25, -0.2) is 15.0 Å². The number of nitrogens with zero attached hydrogens (tertiary/aromatic N) is 7. The highest BCUT2D eigenvalue weighted by atomic mass is 19.4. The SMILES string of the molecule is FC(F)(F)c1ccc(N2CCC3(CCN(c4cncc(-n5ccnc5)n4)CC3)C2)cn1. The molecule has 2 aliphatic heterocycles. The summed E-state index contributed by atoms with van der Waals surface area (Å²) in [5, 5.41) is 0. The van der Waals surface area contributed by atoms with Crippen LogP contribution in [0.15, 0.2) is 49.4 Å². The first kappa shape index (κ1) is 19.8. The molecule has 2 saturated heterocycles. The van der Waals surface area contributed by atoms with Gasteiger partial charge < -0.3 is 9.80 Å². The topological polar surface area (TPSA) is 63.0 Å². The molecular formula is C21H22F3N7. The van der Waals surface area contributed by atoms with Crippen molar-refractivity contribution in [2.24, 2.45) is 5.41 Å². The van der Waals surface area contributed by atoms with Crippen LogP contribution in [0.25, 0.3) is 5.82 Å². The first-order valence-corrected chi connectivity index (χ1v) is 10.3. The molecule has 0 aliphatic carbocycles. The molecule has 0 saturated carbocycles. The Morgan fingerprint density at radius 1 is 0.871 bits per heavy atom. The maximum absolute atomic E-state index is 12.8. The number of imidazole rings is 1. The first-order chi connectivity index (χ1) is 14.9. The minimum absolute atomic E-state index is 0.175. The van der Waals surface area contributed by atoms with Gasteiger partial charge in [0, 0.05) is 38.6 Å². The van der Waals surface area contributed by atoms with Gasteiger partial charge in [0.05, 0.1) is 24.3 Å². The van der Waals surface area contributed by atoms with E-state index in [2.05, 4.69) is 24.8 Å². The summed E-state index contributed by atoms with van der Waals surface area (Å²) in [5.41, 5.74) is 0.0814. The molecule has 1 spiro atoms. The Kier molecular flexibility index (Phi) is 4.79. The Hall–Kier alpha value is -3.17. The fraction of sp³-hybridized carbons (Fsp3) is 0.429. The molecule has 0 N–H and O–H groups in total. The van der Waals surface area contributed by atoms with Gasteiger partial charge in [-0.1, -0.05) is 0 Å². The fourth-order valence-electron chi connectivity index (χ4n) is 4.53. The van der Waals surface area contributed by atoms with E-state index in [-0.39, 0.29) is 5.41 Å². The molecule has 2 fully saturated rings. The highest BCUT2D eigenvalue weighted by Gasteiger charge is 2.41. The summed E-state index contributed by atoms with van der Waals surface area (Å²) in [7, 11) is 0. The Labute approximate surface area is 177 Å². The van der Waals surface area contributed by atoms with Crippen molar-refractivity contribution in [1.82, 2.24) is 24.5 Å². The summed E-state index contributed by atoms with van der Waals surface area (Å²) >= 11 is 0. The number of hydrogen-bond donors (Lipinski definition) is 0. The lowest BCUT2D eigenvalue weighted by Gasteiger charge is -2.39. The van der Waals surface area contributed by atoms with E-state index in [1.807, 2.05) is 10.8 Å². The van der Waals surface area contributed by atoms with Crippen LogP contribution in [0.3, 0.4) is 0 Å². The van der Waals surface area contributed by atoms with Crippen molar-refractivity contribution in [3.8, 4) is 5.82 Å². The molecular weight excluding hydrogens is 407 g/mol. The molecule has 0 bridgehead atoms. The largest absolute Gasteiger partial charge is 0.433 e. The van der Waals surface area contributed by atoms with Crippen LogP contribution in [0.1, 0.15) is 25.0 Å².